The molecule has 106 valence electrons. The number of nitrogens with zero attached hydrogens (tertiary/aromatic N) is 1. The number of hydrogen-bond acceptors (Lipinski definition) is 3. The fourth-order valence-corrected chi connectivity index (χ4v) is 2.19. The Morgan fingerprint density at radius 3 is 2.85 bits per heavy atom. The minimum absolute atomic E-state index is 0.143. The van der Waals surface area contributed by atoms with Crippen molar-refractivity contribution in [3.05, 3.63) is 35.1 Å². The summed E-state index contributed by atoms with van der Waals surface area (Å²) >= 11 is 0. The number of carbonyl (C=O) groups is 1. The highest BCUT2D eigenvalue weighted by Crippen LogP contribution is 2.22. The third kappa shape index (κ3) is 3.16. The van der Waals surface area contributed by atoms with Gasteiger partial charge in [0.25, 0.3) is 5.91 Å². The Morgan fingerprint density at radius 2 is 2.30 bits per heavy atom. The highest BCUT2D eigenvalue weighted by Gasteiger charge is 2.34. The maximum Gasteiger partial charge on any atom is 0.254 e. The van der Waals surface area contributed by atoms with Crippen LogP contribution in [0.1, 0.15) is 29.3 Å². The smallest absolute Gasteiger partial charge is 0.254 e. The van der Waals surface area contributed by atoms with E-state index in [4.69, 9.17) is 5.11 Å². The second-order valence-corrected chi connectivity index (χ2v) is 5.13. The van der Waals surface area contributed by atoms with E-state index in [0.29, 0.717) is 13.0 Å². The molecule has 1 amide bonds. The van der Waals surface area contributed by atoms with Gasteiger partial charge in [-0.15, -0.1) is 0 Å². The number of halogens is 1. The number of β-amino-alcohol motifs (C(OH)–C–C–N with tert-alkyl or cyclic N) is 1. The molecule has 20 heavy (non-hydrogen) atoms. The first-order valence-electron chi connectivity index (χ1n) is 6.34. The monoisotopic (exact) mass is 277 g/mol. The first-order valence-corrected chi connectivity index (χ1v) is 6.34. The van der Waals surface area contributed by atoms with Crippen LogP contribution in [0.4, 0.5) is 4.39 Å². The number of amides is 1. The Kier molecular flexibility index (Phi) is 4.07. The second kappa shape index (κ2) is 5.61. The third-order valence-electron chi connectivity index (χ3n) is 3.26. The lowest BCUT2D eigenvalue weighted by molar-refractivity contribution is 0.0572. The van der Waals surface area contributed by atoms with Gasteiger partial charge in [-0.05, 0) is 31.5 Å². The van der Waals surface area contributed by atoms with Crippen LogP contribution in [-0.2, 0) is 0 Å². The molecule has 1 aromatic carbocycles. The largest absolute Gasteiger partial charge is 0.388 e. The van der Waals surface area contributed by atoms with Crippen LogP contribution in [0.25, 0.3) is 0 Å². The van der Waals surface area contributed by atoms with Crippen molar-refractivity contribution in [1.29, 1.82) is 0 Å². The average Bonchev–Trinajstić information content (AvgIpc) is 2.77. The number of hydrogen-bond donors (Lipinski definition) is 2. The predicted octanol–water partition coefficient (Wildman–Crippen LogP) is 0.766. The summed E-state index contributed by atoms with van der Waals surface area (Å²) < 4.78 is 13.8. The van der Waals surface area contributed by atoms with Gasteiger partial charge >= 0.3 is 0 Å². The van der Waals surface area contributed by atoms with E-state index in [1.807, 2.05) is 0 Å². The van der Waals surface area contributed by atoms with Gasteiger partial charge in [0.2, 0.25) is 0 Å². The molecule has 4 nitrogen and oxygen atoms in total. The van der Waals surface area contributed by atoms with Crippen molar-refractivity contribution in [2.75, 3.05) is 19.7 Å². The van der Waals surface area contributed by atoms with Crippen LogP contribution in [0.5, 0.6) is 0 Å². The van der Waals surface area contributed by atoms with E-state index in [1.165, 1.54) is 17.0 Å². The zero-order valence-electron chi connectivity index (χ0n) is 11.2. The molecule has 1 fully saturated rings. The molecule has 1 aliphatic rings. The lowest BCUT2D eigenvalue weighted by Gasteiger charge is -2.19. The minimum Gasteiger partial charge on any atom is -0.388 e. The van der Waals surface area contributed by atoms with Gasteiger partial charge in [0, 0.05) is 18.7 Å². The molecule has 0 radical (unpaired) electrons. The molecule has 1 atom stereocenters. The summed E-state index contributed by atoms with van der Waals surface area (Å²) in [6.45, 7) is 2.04. The summed E-state index contributed by atoms with van der Waals surface area (Å²) in [5, 5.41) is 18.4. The number of carbonyl (C=O) groups excluding carboxylic acids is 1. The molecule has 1 saturated heterocycles. The second-order valence-electron chi connectivity index (χ2n) is 5.13. The summed E-state index contributed by atoms with van der Waals surface area (Å²) in [5.74, 6) is 3.93. The van der Waals surface area contributed by atoms with Crippen LogP contribution in [0.3, 0.4) is 0 Å². The van der Waals surface area contributed by atoms with Crippen molar-refractivity contribution in [3.8, 4) is 11.8 Å². The van der Waals surface area contributed by atoms with E-state index < -0.39 is 11.4 Å². The maximum absolute atomic E-state index is 13.8. The fraction of sp³-hybridized carbons (Fsp3) is 0.400. The summed E-state index contributed by atoms with van der Waals surface area (Å²) in [7, 11) is 0. The molecular formula is C15H16FNO3. The topological polar surface area (TPSA) is 60.8 Å². The molecule has 1 aliphatic heterocycles. The third-order valence-corrected chi connectivity index (χ3v) is 3.26. The summed E-state index contributed by atoms with van der Waals surface area (Å²) in [5.41, 5.74) is -0.500. The molecule has 0 aliphatic carbocycles. The quantitative estimate of drug-likeness (QED) is 0.745. The van der Waals surface area contributed by atoms with Gasteiger partial charge < -0.3 is 15.1 Å². The van der Waals surface area contributed by atoms with Crippen LogP contribution >= 0.6 is 0 Å². The van der Waals surface area contributed by atoms with Crippen LogP contribution < -0.4 is 0 Å². The van der Waals surface area contributed by atoms with Crippen LogP contribution in [0.2, 0.25) is 0 Å². The van der Waals surface area contributed by atoms with E-state index in [9.17, 15) is 14.3 Å². The van der Waals surface area contributed by atoms with Gasteiger partial charge in [0.1, 0.15) is 12.4 Å². The molecule has 5 heteroatoms. The fourth-order valence-electron chi connectivity index (χ4n) is 2.19. The van der Waals surface area contributed by atoms with Crippen molar-refractivity contribution < 1.29 is 19.4 Å². The zero-order chi connectivity index (χ0) is 14.8. The molecule has 2 rings (SSSR count). The Bertz CT molecular complexity index is 587. The standard InChI is InChI=1S/C15H16FNO3/c1-15(20)6-7-17(10-15)14(19)12-5-4-11(3-2-8-18)13(16)9-12/h4-5,9,18,20H,6-8,10H2,1H3. The van der Waals surface area contributed by atoms with Crippen molar-refractivity contribution in [1.82, 2.24) is 4.90 Å². The van der Waals surface area contributed by atoms with E-state index in [0.717, 1.165) is 6.07 Å². The van der Waals surface area contributed by atoms with Gasteiger partial charge in [0.05, 0.1) is 11.2 Å². The van der Waals surface area contributed by atoms with E-state index in [-0.39, 0.29) is 30.2 Å². The number of aliphatic hydroxyl groups excluding tert-OH is 1. The molecular weight excluding hydrogens is 261 g/mol. The van der Waals surface area contributed by atoms with Gasteiger partial charge in [-0.1, -0.05) is 11.8 Å². The molecule has 0 bridgehead atoms. The average molecular weight is 277 g/mol. The molecule has 0 aromatic heterocycles. The summed E-state index contributed by atoms with van der Waals surface area (Å²) in [4.78, 5) is 13.7. The SMILES string of the molecule is CC1(O)CCN(C(=O)c2ccc(C#CCO)c(F)c2)C1. The van der Waals surface area contributed by atoms with Crippen molar-refractivity contribution >= 4 is 5.91 Å². The van der Waals surface area contributed by atoms with Crippen LogP contribution in [-0.4, -0.2) is 46.3 Å². The zero-order valence-corrected chi connectivity index (χ0v) is 11.2. The Morgan fingerprint density at radius 1 is 1.55 bits per heavy atom. The number of aliphatic hydroxyl groups is 2. The van der Waals surface area contributed by atoms with Crippen LogP contribution in [0, 0.1) is 17.7 Å². The van der Waals surface area contributed by atoms with Gasteiger partial charge in [-0.3, -0.25) is 4.79 Å². The Hall–Kier alpha value is -1.90. The number of benzene rings is 1. The van der Waals surface area contributed by atoms with Crippen LogP contribution in [0.15, 0.2) is 18.2 Å². The molecule has 1 aromatic rings. The molecule has 0 saturated carbocycles. The van der Waals surface area contributed by atoms with Crippen molar-refractivity contribution in [2.45, 2.75) is 18.9 Å². The Balaban J connectivity index is 2.18. The summed E-state index contributed by atoms with van der Waals surface area (Å²) in [6, 6.07) is 4.05. The highest BCUT2D eigenvalue weighted by atomic mass is 19.1. The normalized spacial score (nSPS) is 21.5. The molecule has 1 unspecified atom stereocenters. The van der Waals surface area contributed by atoms with E-state index in [2.05, 4.69) is 11.8 Å². The predicted molar refractivity (Wildman–Crippen MR) is 71.5 cm³/mol. The molecule has 2 N–H and O–H groups in total. The van der Waals surface area contributed by atoms with Gasteiger partial charge in [-0.2, -0.15) is 0 Å². The number of likely N-dealkylation sites (tertiary alicyclic amines) is 1. The first-order chi connectivity index (χ1) is 9.43. The van der Waals surface area contributed by atoms with Crippen molar-refractivity contribution in [3.63, 3.8) is 0 Å². The van der Waals surface area contributed by atoms with Gasteiger partial charge in [0.15, 0.2) is 0 Å². The molecule has 0 spiro atoms. The lowest BCUT2D eigenvalue weighted by Crippen LogP contribution is -2.33. The Labute approximate surface area is 116 Å². The highest BCUT2D eigenvalue weighted by molar-refractivity contribution is 5.94. The molecule has 1 heterocycles. The van der Waals surface area contributed by atoms with E-state index in [1.54, 1.807) is 6.92 Å². The number of rotatable bonds is 1. The lowest BCUT2D eigenvalue weighted by atomic mass is 10.1. The van der Waals surface area contributed by atoms with Gasteiger partial charge in [-0.25, -0.2) is 4.39 Å². The summed E-state index contributed by atoms with van der Waals surface area (Å²) in [6.07, 6.45) is 0.515. The maximum atomic E-state index is 13.8. The van der Waals surface area contributed by atoms with Crippen molar-refractivity contribution in [2.24, 2.45) is 0 Å². The first kappa shape index (κ1) is 14.5. The minimum atomic E-state index is -0.874. The van der Waals surface area contributed by atoms with E-state index >= 15 is 0 Å².